The molecule has 0 atom stereocenters. The van der Waals surface area contributed by atoms with Crippen LogP contribution in [0.15, 0.2) is 23.4 Å². The van der Waals surface area contributed by atoms with E-state index in [-0.39, 0.29) is 12.4 Å². The van der Waals surface area contributed by atoms with Crippen LogP contribution in [0.5, 0.6) is 0 Å². The number of hydrogen-bond donors (Lipinski definition) is 1. The SMILES string of the molecule is CCSc1nc2cc(CC(=O)OC)ccc2[nH]1. The Morgan fingerprint density at radius 3 is 3.06 bits per heavy atom. The molecule has 17 heavy (non-hydrogen) atoms. The highest BCUT2D eigenvalue weighted by molar-refractivity contribution is 7.99. The first-order chi connectivity index (χ1) is 8.22. The fraction of sp³-hybridized carbons (Fsp3) is 0.333. The molecule has 0 saturated carbocycles. The maximum Gasteiger partial charge on any atom is 0.309 e. The minimum atomic E-state index is -0.233. The molecular weight excluding hydrogens is 236 g/mol. The van der Waals surface area contributed by atoms with Gasteiger partial charge in [-0.1, -0.05) is 24.8 Å². The summed E-state index contributed by atoms with van der Waals surface area (Å²) in [5, 5.41) is 0.915. The number of nitrogens with zero attached hydrogens (tertiary/aromatic N) is 1. The van der Waals surface area contributed by atoms with Gasteiger partial charge in [-0.05, 0) is 23.4 Å². The number of carbonyl (C=O) groups excluding carboxylic acids is 1. The van der Waals surface area contributed by atoms with Crippen LogP contribution in [0.3, 0.4) is 0 Å². The van der Waals surface area contributed by atoms with Crippen LogP contribution >= 0.6 is 11.8 Å². The highest BCUT2D eigenvalue weighted by atomic mass is 32.2. The molecular formula is C12H14N2O2S. The lowest BCUT2D eigenvalue weighted by atomic mass is 10.1. The molecule has 0 spiro atoms. The first-order valence-electron chi connectivity index (χ1n) is 5.41. The van der Waals surface area contributed by atoms with Crippen molar-refractivity contribution in [3.63, 3.8) is 0 Å². The zero-order valence-electron chi connectivity index (χ0n) is 9.82. The Kier molecular flexibility index (Phi) is 3.68. The summed E-state index contributed by atoms with van der Waals surface area (Å²) in [4.78, 5) is 18.8. The van der Waals surface area contributed by atoms with Gasteiger partial charge in [-0.25, -0.2) is 4.98 Å². The Balaban J connectivity index is 2.26. The number of ether oxygens (including phenoxy) is 1. The van der Waals surface area contributed by atoms with Gasteiger partial charge in [0.05, 0.1) is 24.6 Å². The van der Waals surface area contributed by atoms with E-state index in [1.54, 1.807) is 11.8 Å². The molecule has 0 aliphatic heterocycles. The molecule has 1 N–H and O–H groups in total. The number of carbonyl (C=O) groups is 1. The number of thioether (sulfide) groups is 1. The van der Waals surface area contributed by atoms with E-state index >= 15 is 0 Å². The van der Waals surface area contributed by atoms with Crippen LogP contribution in [0.4, 0.5) is 0 Å². The molecule has 2 aromatic rings. The van der Waals surface area contributed by atoms with Crippen molar-refractivity contribution in [2.45, 2.75) is 18.5 Å². The topological polar surface area (TPSA) is 55.0 Å². The van der Waals surface area contributed by atoms with Crippen LogP contribution in [-0.4, -0.2) is 28.8 Å². The molecule has 0 radical (unpaired) electrons. The summed E-state index contributed by atoms with van der Waals surface area (Å²) >= 11 is 1.67. The first-order valence-corrected chi connectivity index (χ1v) is 6.39. The van der Waals surface area contributed by atoms with E-state index < -0.39 is 0 Å². The molecule has 0 bridgehead atoms. The van der Waals surface area contributed by atoms with E-state index in [1.165, 1.54) is 7.11 Å². The third kappa shape index (κ3) is 2.79. The van der Waals surface area contributed by atoms with Crippen molar-refractivity contribution in [3.8, 4) is 0 Å². The number of imidazole rings is 1. The number of aromatic amines is 1. The molecule has 5 heteroatoms. The van der Waals surface area contributed by atoms with E-state index in [2.05, 4.69) is 21.6 Å². The average molecular weight is 250 g/mol. The van der Waals surface area contributed by atoms with Crippen LogP contribution < -0.4 is 0 Å². The van der Waals surface area contributed by atoms with E-state index in [4.69, 9.17) is 0 Å². The highest BCUT2D eigenvalue weighted by Gasteiger charge is 2.06. The number of hydrogen-bond acceptors (Lipinski definition) is 4. The minimum absolute atomic E-state index is 0.233. The van der Waals surface area contributed by atoms with Gasteiger partial charge < -0.3 is 9.72 Å². The molecule has 0 aliphatic carbocycles. The quantitative estimate of drug-likeness (QED) is 0.668. The van der Waals surface area contributed by atoms with Gasteiger partial charge in [0.2, 0.25) is 0 Å². The predicted octanol–water partition coefficient (Wildman–Crippen LogP) is 2.39. The maximum atomic E-state index is 11.2. The Hall–Kier alpha value is -1.49. The molecule has 1 aromatic carbocycles. The molecule has 0 fully saturated rings. The summed E-state index contributed by atoms with van der Waals surface area (Å²) in [7, 11) is 1.39. The molecule has 0 unspecified atom stereocenters. The number of methoxy groups -OCH3 is 1. The van der Waals surface area contributed by atoms with Gasteiger partial charge in [-0.3, -0.25) is 4.79 Å². The third-order valence-corrected chi connectivity index (χ3v) is 3.14. The van der Waals surface area contributed by atoms with Crippen LogP contribution in [0, 0.1) is 0 Å². The van der Waals surface area contributed by atoms with Crippen LogP contribution in [0.1, 0.15) is 12.5 Å². The van der Waals surface area contributed by atoms with Gasteiger partial charge in [-0.15, -0.1) is 0 Å². The second-order valence-corrected chi connectivity index (χ2v) is 4.83. The van der Waals surface area contributed by atoms with Gasteiger partial charge in [-0.2, -0.15) is 0 Å². The molecule has 0 amide bonds. The summed E-state index contributed by atoms with van der Waals surface area (Å²) in [6, 6.07) is 5.78. The summed E-state index contributed by atoms with van der Waals surface area (Å²) in [6.45, 7) is 2.08. The summed E-state index contributed by atoms with van der Waals surface area (Å²) in [5.41, 5.74) is 2.81. The fourth-order valence-corrected chi connectivity index (χ4v) is 2.20. The molecule has 90 valence electrons. The third-order valence-electron chi connectivity index (χ3n) is 2.38. The largest absolute Gasteiger partial charge is 0.469 e. The van der Waals surface area contributed by atoms with Crippen molar-refractivity contribution >= 4 is 28.8 Å². The van der Waals surface area contributed by atoms with Crippen LogP contribution in [0.2, 0.25) is 0 Å². The summed E-state index contributed by atoms with van der Waals surface area (Å²) in [5.74, 6) is 0.748. The number of nitrogens with one attached hydrogen (secondary N) is 1. The number of aromatic nitrogens is 2. The minimum Gasteiger partial charge on any atom is -0.469 e. The van der Waals surface area contributed by atoms with E-state index in [1.807, 2.05) is 18.2 Å². The van der Waals surface area contributed by atoms with Crippen molar-refractivity contribution in [2.24, 2.45) is 0 Å². The average Bonchev–Trinajstić information content (AvgIpc) is 2.71. The van der Waals surface area contributed by atoms with Crippen molar-refractivity contribution in [2.75, 3.05) is 12.9 Å². The smallest absolute Gasteiger partial charge is 0.309 e. The number of H-pyrrole nitrogens is 1. The van der Waals surface area contributed by atoms with Crippen molar-refractivity contribution in [3.05, 3.63) is 23.8 Å². The van der Waals surface area contributed by atoms with E-state index in [0.29, 0.717) is 0 Å². The summed E-state index contributed by atoms with van der Waals surface area (Å²) < 4.78 is 4.64. The highest BCUT2D eigenvalue weighted by Crippen LogP contribution is 2.20. The molecule has 0 aliphatic rings. The predicted molar refractivity (Wildman–Crippen MR) is 68.2 cm³/mol. The number of benzene rings is 1. The van der Waals surface area contributed by atoms with Gasteiger partial charge >= 0.3 is 5.97 Å². The molecule has 4 nitrogen and oxygen atoms in total. The maximum absolute atomic E-state index is 11.2. The Bertz CT molecular complexity index is 536. The first kappa shape index (κ1) is 12.0. The second-order valence-electron chi connectivity index (χ2n) is 3.58. The number of esters is 1. The lowest BCUT2D eigenvalue weighted by molar-refractivity contribution is -0.139. The van der Waals surface area contributed by atoms with Crippen molar-refractivity contribution < 1.29 is 9.53 Å². The van der Waals surface area contributed by atoms with E-state index in [0.717, 1.165) is 27.5 Å². The zero-order valence-corrected chi connectivity index (χ0v) is 10.6. The van der Waals surface area contributed by atoms with Crippen molar-refractivity contribution in [1.82, 2.24) is 9.97 Å². The number of rotatable bonds is 4. The van der Waals surface area contributed by atoms with E-state index in [9.17, 15) is 4.79 Å². The lowest BCUT2D eigenvalue weighted by Crippen LogP contribution is -2.04. The fourth-order valence-electron chi connectivity index (χ4n) is 1.58. The Labute approximate surface area is 104 Å². The van der Waals surface area contributed by atoms with Gasteiger partial charge in [0, 0.05) is 0 Å². The Morgan fingerprint density at radius 2 is 2.35 bits per heavy atom. The van der Waals surface area contributed by atoms with Gasteiger partial charge in [0.15, 0.2) is 5.16 Å². The van der Waals surface area contributed by atoms with Crippen LogP contribution in [0.25, 0.3) is 11.0 Å². The molecule has 0 saturated heterocycles. The van der Waals surface area contributed by atoms with Crippen molar-refractivity contribution in [1.29, 1.82) is 0 Å². The molecule has 1 aromatic heterocycles. The van der Waals surface area contributed by atoms with Gasteiger partial charge in [0.1, 0.15) is 0 Å². The van der Waals surface area contributed by atoms with Gasteiger partial charge in [0.25, 0.3) is 0 Å². The molecule has 1 heterocycles. The van der Waals surface area contributed by atoms with Crippen LogP contribution in [-0.2, 0) is 16.0 Å². The Morgan fingerprint density at radius 1 is 1.53 bits per heavy atom. The summed E-state index contributed by atoms with van der Waals surface area (Å²) in [6.07, 6.45) is 0.287. The number of fused-ring (bicyclic) bond motifs is 1. The normalized spacial score (nSPS) is 10.7. The zero-order chi connectivity index (χ0) is 12.3. The standard InChI is InChI=1S/C12H14N2O2S/c1-3-17-12-13-9-5-4-8(6-10(9)14-12)7-11(15)16-2/h4-6H,3,7H2,1-2H3,(H,13,14). The second kappa shape index (κ2) is 5.23. The monoisotopic (exact) mass is 250 g/mol. The molecule has 2 rings (SSSR count). The lowest BCUT2D eigenvalue weighted by Gasteiger charge is -1.99.